The van der Waals surface area contributed by atoms with Gasteiger partial charge < -0.3 is 15.2 Å². The lowest BCUT2D eigenvalue weighted by Crippen LogP contribution is -2.22. The van der Waals surface area contributed by atoms with Crippen LogP contribution in [0.2, 0.25) is 5.02 Å². The molecule has 7 heteroatoms. The van der Waals surface area contributed by atoms with Crippen molar-refractivity contribution in [2.45, 2.75) is 19.3 Å². The molecule has 0 bridgehead atoms. The Bertz CT molecular complexity index is 954. The van der Waals surface area contributed by atoms with Crippen LogP contribution in [0.5, 0.6) is 0 Å². The molecule has 3 rings (SSSR count). The molecule has 0 saturated heterocycles. The van der Waals surface area contributed by atoms with Gasteiger partial charge in [0.2, 0.25) is 5.91 Å². The van der Waals surface area contributed by atoms with Crippen molar-refractivity contribution in [2.24, 2.45) is 0 Å². The van der Waals surface area contributed by atoms with Crippen molar-refractivity contribution in [1.82, 2.24) is 9.78 Å². The number of aliphatic carboxylic acids is 1. The van der Waals surface area contributed by atoms with E-state index >= 15 is 0 Å². The third kappa shape index (κ3) is 4.95. The van der Waals surface area contributed by atoms with Crippen LogP contribution in [0.4, 0.5) is 5.82 Å². The van der Waals surface area contributed by atoms with Crippen LogP contribution in [0.3, 0.4) is 0 Å². The molecule has 0 spiro atoms. The van der Waals surface area contributed by atoms with Crippen molar-refractivity contribution in [3.63, 3.8) is 0 Å². The van der Waals surface area contributed by atoms with Crippen LogP contribution in [0.1, 0.15) is 19.3 Å². The number of hydrogen-bond acceptors (Lipinski definition) is 4. The predicted octanol–water partition coefficient (Wildman–Crippen LogP) is 3.05. The van der Waals surface area contributed by atoms with E-state index in [-0.39, 0.29) is 25.2 Å². The molecule has 0 atom stereocenters. The van der Waals surface area contributed by atoms with E-state index in [1.165, 1.54) is 0 Å². The lowest BCUT2D eigenvalue weighted by molar-refractivity contribution is -0.305. The molecule has 0 aliphatic rings. The third-order valence-electron chi connectivity index (χ3n) is 3.88. The number of nitrogens with zero attached hydrogens (tertiary/aromatic N) is 2. The normalized spacial score (nSPS) is 10.6. The maximum absolute atomic E-state index is 12.2. The van der Waals surface area contributed by atoms with E-state index in [9.17, 15) is 14.7 Å². The van der Waals surface area contributed by atoms with Crippen molar-refractivity contribution < 1.29 is 14.7 Å². The SMILES string of the molecule is O=C([O-])CCCC(=O)Nc1cc(-c2ccccc2)nn1-c1cccc(Cl)c1. The molecule has 138 valence electrons. The zero-order valence-electron chi connectivity index (χ0n) is 14.4. The Morgan fingerprint density at radius 2 is 1.81 bits per heavy atom. The first-order valence-corrected chi connectivity index (χ1v) is 8.82. The highest BCUT2D eigenvalue weighted by molar-refractivity contribution is 6.30. The van der Waals surface area contributed by atoms with Crippen molar-refractivity contribution in [1.29, 1.82) is 0 Å². The van der Waals surface area contributed by atoms with Gasteiger partial charge in [0.1, 0.15) is 5.82 Å². The molecule has 0 fully saturated rings. The van der Waals surface area contributed by atoms with Crippen LogP contribution in [-0.2, 0) is 9.59 Å². The molecule has 1 heterocycles. The quantitative estimate of drug-likeness (QED) is 0.680. The van der Waals surface area contributed by atoms with E-state index in [1.54, 1.807) is 28.9 Å². The highest BCUT2D eigenvalue weighted by atomic mass is 35.5. The summed E-state index contributed by atoms with van der Waals surface area (Å²) in [6.07, 6.45) is 0.136. The molecule has 1 N–H and O–H groups in total. The maximum Gasteiger partial charge on any atom is 0.225 e. The van der Waals surface area contributed by atoms with Crippen LogP contribution in [0.25, 0.3) is 16.9 Å². The van der Waals surface area contributed by atoms with Crippen LogP contribution in [0, 0.1) is 0 Å². The monoisotopic (exact) mass is 382 g/mol. The Morgan fingerprint density at radius 1 is 1.04 bits per heavy atom. The van der Waals surface area contributed by atoms with Gasteiger partial charge in [0, 0.05) is 29.0 Å². The second-order valence-corrected chi connectivity index (χ2v) is 6.38. The van der Waals surface area contributed by atoms with Crippen molar-refractivity contribution in [2.75, 3.05) is 5.32 Å². The average Bonchev–Trinajstić information content (AvgIpc) is 3.06. The smallest absolute Gasteiger partial charge is 0.225 e. The molecule has 0 aliphatic heterocycles. The molecule has 2 aromatic carbocycles. The Kier molecular flexibility index (Phi) is 5.88. The first-order chi connectivity index (χ1) is 13.0. The first kappa shape index (κ1) is 18.7. The van der Waals surface area contributed by atoms with Crippen LogP contribution in [0.15, 0.2) is 60.7 Å². The van der Waals surface area contributed by atoms with Gasteiger partial charge in [-0.05, 0) is 31.0 Å². The Hall–Kier alpha value is -3.12. The molecule has 0 radical (unpaired) electrons. The van der Waals surface area contributed by atoms with E-state index in [2.05, 4.69) is 10.4 Å². The lowest BCUT2D eigenvalue weighted by Gasteiger charge is -2.09. The zero-order valence-corrected chi connectivity index (χ0v) is 15.1. The molecule has 0 saturated carbocycles. The summed E-state index contributed by atoms with van der Waals surface area (Å²) in [5.74, 6) is -0.980. The minimum Gasteiger partial charge on any atom is -0.550 e. The molecule has 3 aromatic rings. The summed E-state index contributed by atoms with van der Waals surface area (Å²) in [5, 5.41) is 18.4. The molecule has 0 aliphatic carbocycles. The van der Waals surface area contributed by atoms with Crippen molar-refractivity contribution in [3.8, 4) is 16.9 Å². The van der Waals surface area contributed by atoms with Gasteiger partial charge in [0.05, 0.1) is 11.4 Å². The van der Waals surface area contributed by atoms with Gasteiger partial charge in [-0.15, -0.1) is 0 Å². The van der Waals surface area contributed by atoms with E-state index in [0.717, 1.165) is 5.56 Å². The van der Waals surface area contributed by atoms with Gasteiger partial charge in [-0.1, -0.05) is 48.0 Å². The molecule has 0 unspecified atom stereocenters. The van der Waals surface area contributed by atoms with Crippen LogP contribution >= 0.6 is 11.6 Å². The molecular weight excluding hydrogens is 366 g/mol. The highest BCUT2D eigenvalue weighted by Gasteiger charge is 2.14. The number of anilines is 1. The highest BCUT2D eigenvalue weighted by Crippen LogP contribution is 2.26. The Morgan fingerprint density at radius 3 is 2.52 bits per heavy atom. The molecule has 1 aromatic heterocycles. The molecular formula is C20H17ClN3O3-. The summed E-state index contributed by atoms with van der Waals surface area (Å²) >= 11 is 6.08. The number of halogens is 1. The number of rotatable bonds is 7. The summed E-state index contributed by atoms with van der Waals surface area (Å²) < 4.78 is 1.60. The number of carbonyl (C=O) groups is 2. The fourth-order valence-corrected chi connectivity index (χ4v) is 2.81. The maximum atomic E-state index is 12.2. The summed E-state index contributed by atoms with van der Waals surface area (Å²) in [7, 11) is 0. The van der Waals surface area contributed by atoms with Crippen LogP contribution in [-0.4, -0.2) is 21.7 Å². The zero-order chi connectivity index (χ0) is 19.2. The Balaban J connectivity index is 1.89. The minimum atomic E-state index is -1.17. The van der Waals surface area contributed by atoms with Gasteiger partial charge in [-0.25, -0.2) is 4.68 Å². The number of nitrogens with one attached hydrogen (secondary N) is 1. The first-order valence-electron chi connectivity index (χ1n) is 8.44. The number of carboxylic acids is 1. The van der Waals surface area contributed by atoms with Gasteiger partial charge in [-0.3, -0.25) is 4.79 Å². The van der Waals surface area contributed by atoms with E-state index in [0.29, 0.717) is 22.2 Å². The second kappa shape index (κ2) is 8.51. The number of carboxylic acid groups (broad SMARTS) is 1. The number of hydrogen-bond donors (Lipinski definition) is 1. The fraction of sp³-hybridized carbons (Fsp3) is 0.150. The van der Waals surface area contributed by atoms with Gasteiger partial charge >= 0.3 is 0 Å². The summed E-state index contributed by atoms with van der Waals surface area (Å²) in [6, 6.07) is 18.5. The van der Waals surface area contributed by atoms with Gasteiger partial charge in [0.25, 0.3) is 0 Å². The number of aromatic nitrogens is 2. The van der Waals surface area contributed by atoms with E-state index in [1.807, 2.05) is 36.4 Å². The number of benzene rings is 2. The van der Waals surface area contributed by atoms with Gasteiger partial charge in [0.15, 0.2) is 0 Å². The third-order valence-corrected chi connectivity index (χ3v) is 4.12. The lowest BCUT2D eigenvalue weighted by atomic mass is 10.1. The van der Waals surface area contributed by atoms with Crippen LogP contribution < -0.4 is 10.4 Å². The van der Waals surface area contributed by atoms with E-state index < -0.39 is 5.97 Å². The van der Waals surface area contributed by atoms with Crippen molar-refractivity contribution in [3.05, 3.63) is 65.7 Å². The summed E-state index contributed by atoms with van der Waals surface area (Å²) in [5.41, 5.74) is 2.31. The second-order valence-electron chi connectivity index (χ2n) is 5.95. The average molecular weight is 383 g/mol. The topological polar surface area (TPSA) is 87.0 Å². The standard InChI is InChI=1S/C20H18ClN3O3/c21-15-8-4-9-16(12-15)24-18(22-19(25)10-5-11-20(26)27)13-17(23-24)14-6-2-1-3-7-14/h1-4,6-9,12-13H,5,10-11H2,(H,22,25)(H,26,27)/p-1. The summed E-state index contributed by atoms with van der Waals surface area (Å²) in [6.45, 7) is 0. The molecule has 27 heavy (non-hydrogen) atoms. The number of carbonyl (C=O) groups excluding carboxylic acids is 2. The molecule has 1 amide bonds. The number of amides is 1. The molecule has 6 nitrogen and oxygen atoms in total. The minimum absolute atomic E-state index is 0.0787. The fourth-order valence-electron chi connectivity index (χ4n) is 2.62. The van der Waals surface area contributed by atoms with Crippen molar-refractivity contribution >= 4 is 29.3 Å². The largest absolute Gasteiger partial charge is 0.550 e. The van der Waals surface area contributed by atoms with E-state index in [4.69, 9.17) is 11.6 Å². The Labute approximate surface area is 161 Å². The predicted molar refractivity (Wildman–Crippen MR) is 101 cm³/mol. The van der Waals surface area contributed by atoms with Gasteiger partial charge in [-0.2, -0.15) is 5.10 Å². The summed E-state index contributed by atoms with van der Waals surface area (Å²) in [4.78, 5) is 22.7.